The summed E-state index contributed by atoms with van der Waals surface area (Å²) >= 11 is 1.37. The van der Waals surface area contributed by atoms with E-state index in [2.05, 4.69) is 20.9 Å². The van der Waals surface area contributed by atoms with E-state index in [1.165, 1.54) is 42.1 Å². The van der Waals surface area contributed by atoms with Gasteiger partial charge in [0.2, 0.25) is 5.91 Å². The van der Waals surface area contributed by atoms with Crippen molar-refractivity contribution in [1.82, 2.24) is 10.3 Å². The molecule has 45 heavy (non-hydrogen) atoms. The number of anilines is 2. The second kappa shape index (κ2) is 14.2. The molecule has 0 saturated carbocycles. The number of H-pyrrole nitrogens is 1. The molecule has 11 heteroatoms. The Morgan fingerprint density at radius 2 is 1.64 bits per heavy atom. The van der Waals surface area contributed by atoms with Gasteiger partial charge < -0.3 is 20.9 Å². The summed E-state index contributed by atoms with van der Waals surface area (Å²) in [5.41, 5.74) is 2.77. The van der Waals surface area contributed by atoms with Gasteiger partial charge in [0.15, 0.2) is 0 Å². The van der Waals surface area contributed by atoms with Crippen LogP contribution in [0.5, 0.6) is 0 Å². The lowest BCUT2D eigenvalue weighted by Gasteiger charge is -2.16. The standard InChI is InChI=1S/C34H29N5O5S/c1-2-31(34(42)37-26-14-13-23-17-18-35-29(23)21-26)45-28-10-6-9-25(20-28)36-33(41)30(38-32(40)24-7-4-3-5-8-24)19-22-11-15-27(16-12-22)39(43)44/h3-21,31,35H,2H2,1H3,(H,36,41)(H,37,42)(H,38,40)/b30-19+. The number of fused-ring (bicyclic) bond motifs is 1. The van der Waals surface area contributed by atoms with Crippen LogP contribution in [0, 0.1) is 10.1 Å². The summed E-state index contributed by atoms with van der Waals surface area (Å²) in [5.74, 6) is -1.22. The van der Waals surface area contributed by atoms with E-state index in [9.17, 15) is 24.5 Å². The number of carbonyl (C=O) groups excluding carboxylic acids is 3. The number of aromatic nitrogens is 1. The molecular formula is C34H29N5O5S. The Labute approximate surface area is 263 Å². The zero-order valence-corrected chi connectivity index (χ0v) is 25.0. The van der Waals surface area contributed by atoms with Crippen molar-refractivity contribution in [3.8, 4) is 0 Å². The first-order valence-corrected chi connectivity index (χ1v) is 15.0. The van der Waals surface area contributed by atoms with E-state index >= 15 is 0 Å². The smallest absolute Gasteiger partial charge is 0.272 e. The van der Waals surface area contributed by atoms with Gasteiger partial charge in [-0.15, -0.1) is 11.8 Å². The normalized spacial score (nSPS) is 11.9. The largest absolute Gasteiger partial charge is 0.361 e. The predicted molar refractivity (Wildman–Crippen MR) is 177 cm³/mol. The monoisotopic (exact) mass is 619 g/mol. The number of nitro benzene ring substituents is 1. The molecule has 0 aliphatic carbocycles. The molecule has 5 aromatic rings. The molecule has 1 heterocycles. The Morgan fingerprint density at radius 3 is 2.38 bits per heavy atom. The first-order chi connectivity index (χ1) is 21.8. The SMILES string of the molecule is CCC(Sc1cccc(NC(=O)/C(=C\c2ccc([N+](=O)[O-])cc2)NC(=O)c2ccccc2)c1)C(=O)Nc1ccc2cc[nH]c2c1. The highest BCUT2D eigenvalue weighted by Gasteiger charge is 2.20. The van der Waals surface area contributed by atoms with Crippen molar-refractivity contribution in [3.63, 3.8) is 0 Å². The van der Waals surface area contributed by atoms with Gasteiger partial charge in [-0.1, -0.05) is 37.3 Å². The van der Waals surface area contributed by atoms with Crippen LogP contribution < -0.4 is 16.0 Å². The molecule has 1 unspecified atom stereocenters. The number of hydrogen-bond acceptors (Lipinski definition) is 6. The van der Waals surface area contributed by atoms with Crippen LogP contribution >= 0.6 is 11.8 Å². The second-order valence-electron chi connectivity index (χ2n) is 9.99. The molecule has 0 aliphatic rings. The zero-order valence-electron chi connectivity index (χ0n) is 24.2. The van der Waals surface area contributed by atoms with Crippen LogP contribution in [-0.4, -0.2) is 32.9 Å². The zero-order chi connectivity index (χ0) is 31.8. The highest BCUT2D eigenvalue weighted by atomic mass is 32.2. The number of benzene rings is 4. The fraction of sp³-hybridized carbons (Fsp3) is 0.0882. The summed E-state index contributed by atoms with van der Waals surface area (Å²) in [6, 6.07) is 28.8. The van der Waals surface area contributed by atoms with Crippen molar-refractivity contribution in [1.29, 1.82) is 0 Å². The minimum atomic E-state index is -0.593. The molecule has 1 atom stereocenters. The number of thioether (sulfide) groups is 1. The summed E-state index contributed by atoms with van der Waals surface area (Å²) in [6.07, 6.45) is 3.87. The van der Waals surface area contributed by atoms with Gasteiger partial charge in [-0.25, -0.2) is 0 Å². The summed E-state index contributed by atoms with van der Waals surface area (Å²) < 4.78 is 0. The molecule has 0 aliphatic heterocycles. The molecule has 226 valence electrons. The minimum Gasteiger partial charge on any atom is -0.361 e. The molecule has 4 aromatic carbocycles. The summed E-state index contributed by atoms with van der Waals surface area (Å²) in [6.45, 7) is 1.93. The third-order valence-corrected chi connectivity index (χ3v) is 8.16. The van der Waals surface area contributed by atoms with Crippen LogP contribution in [0.2, 0.25) is 0 Å². The molecular weight excluding hydrogens is 590 g/mol. The number of nitro groups is 1. The van der Waals surface area contributed by atoms with Gasteiger partial charge in [-0.05, 0) is 84.1 Å². The fourth-order valence-corrected chi connectivity index (χ4v) is 5.50. The van der Waals surface area contributed by atoms with Gasteiger partial charge in [0, 0.05) is 45.7 Å². The first kappa shape index (κ1) is 30.8. The highest BCUT2D eigenvalue weighted by Crippen LogP contribution is 2.29. The van der Waals surface area contributed by atoms with Gasteiger partial charge in [0.05, 0.1) is 10.2 Å². The Hall–Kier alpha value is -5.68. The van der Waals surface area contributed by atoms with Crippen molar-refractivity contribution < 1.29 is 19.3 Å². The van der Waals surface area contributed by atoms with Gasteiger partial charge in [-0.2, -0.15) is 0 Å². The number of rotatable bonds is 11. The molecule has 4 N–H and O–H groups in total. The van der Waals surface area contributed by atoms with E-state index in [0.29, 0.717) is 28.9 Å². The maximum atomic E-state index is 13.5. The predicted octanol–water partition coefficient (Wildman–Crippen LogP) is 7.00. The van der Waals surface area contributed by atoms with Gasteiger partial charge >= 0.3 is 0 Å². The fourth-order valence-electron chi connectivity index (χ4n) is 4.48. The number of nitrogens with one attached hydrogen (secondary N) is 4. The highest BCUT2D eigenvalue weighted by molar-refractivity contribution is 8.00. The van der Waals surface area contributed by atoms with Crippen molar-refractivity contribution >= 4 is 63.5 Å². The summed E-state index contributed by atoms with van der Waals surface area (Å²) in [7, 11) is 0. The minimum absolute atomic E-state index is 0.0550. The number of nitrogens with zero attached hydrogens (tertiary/aromatic N) is 1. The van der Waals surface area contributed by atoms with Crippen LogP contribution in [0.3, 0.4) is 0 Å². The van der Waals surface area contributed by atoms with E-state index in [1.807, 2.05) is 43.5 Å². The molecule has 3 amide bonds. The molecule has 10 nitrogen and oxygen atoms in total. The van der Waals surface area contributed by atoms with E-state index in [1.54, 1.807) is 48.5 Å². The van der Waals surface area contributed by atoms with Crippen LogP contribution in [0.1, 0.15) is 29.3 Å². The lowest BCUT2D eigenvalue weighted by atomic mass is 10.1. The third-order valence-electron chi connectivity index (χ3n) is 6.80. The average molecular weight is 620 g/mol. The summed E-state index contributed by atoms with van der Waals surface area (Å²) in [5, 5.41) is 20.2. The molecule has 5 rings (SSSR count). The lowest BCUT2D eigenvalue weighted by molar-refractivity contribution is -0.384. The van der Waals surface area contributed by atoms with Crippen molar-refractivity contribution in [2.75, 3.05) is 10.6 Å². The molecule has 0 bridgehead atoms. The first-order valence-electron chi connectivity index (χ1n) is 14.1. The molecule has 0 radical (unpaired) electrons. The molecule has 0 fully saturated rings. The number of carbonyl (C=O) groups is 3. The maximum Gasteiger partial charge on any atom is 0.272 e. The topological polar surface area (TPSA) is 146 Å². The molecule has 0 spiro atoms. The Bertz CT molecular complexity index is 1890. The quantitative estimate of drug-likeness (QED) is 0.0542. The maximum absolute atomic E-state index is 13.5. The average Bonchev–Trinajstić information content (AvgIpc) is 3.52. The van der Waals surface area contributed by atoms with Crippen LogP contribution in [0.15, 0.2) is 120 Å². The summed E-state index contributed by atoms with van der Waals surface area (Å²) in [4.78, 5) is 54.0. The van der Waals surface area contributed by atoms with E-state index in [4.69, 9.17) is 0 Å². The van der Waals surface area contributed by atoms with Gasteiger partial charge in [0.25, 0.3) is 17.5 Å². The molecule has 0 saturated heterocycles. The van der Waals surface area contributed by atoms with Crippen LogP contribution in [0.4, 0.5) is 17.1 Å². The molecule has 1 aromatic heterocycles. The van der Waals surface area contributed by atoms with Crippen LogP contribution in [-0.2, 0) is 9.59 Å². The third kappa shape index (κ3) is 8.03. The van der Waals surface area contributed by atoms with E-state index in [0.717, 1.165) is 15.8 Å². The number of amides is 3. The second-order valence-corrected chi connectivity index (χ2v) is 11.3. The van der Waals surface area contributed by atoms with Crippen molar-refractivity contribution in [2.45, 2.75) is 23.5 Å². The Kier molecular flexibility index (Phi) is 9.70. The number of hydrogen-bond donors (Lipinski definition) is 4. The Morgan fingerprint density at radius 1 is 0.889 bits per heavy atom. The Balaban J connectivity index is 1.31. The van der Waals surface area contributed by atoms with Crippen LogP contribution in [0.25, 0.3) is 17.0 Å². The number of aromatic amines is 1. The van der Waals surface area contributed by atoms with Crippen molar-refractivity contribution in [2.24, 2.45) is 0 Å². The van der Waals surface area contributed by atoms with Gasteiger partial charge in [-0.3, -0.25) is 24.5 Å². The van der Waals surface area contributed by atoms with Gasteiger partial charge in [0.1, 0.15) is 5.70 Å². The van der Waals surface area contributed by atoms with Crippen molar-refractivity contribution in [3.05, 3.63) is 136 Å². The number of non-ortho nitro benzene ring substituents is 1. The lowest BCUT2D eigenvalue weighted by Crippen LogP contribution is -2.30. The van der Waals surface area contributed by atoms with E-state index in [-0.39, 0.29) is 17.3 Å². The van der Waals surface area contributed by atoms with E-state index < -0.39 is 22.0 Å².